The first-order chi connectivity index (χ1) is 6.42. The molecule has 0 aliphatic carbocycles. The third-order valence-corrected chi connectivity index (χ3v) is 2.58. The molecule has 1 fully saturated rings. The molecule has 14 heavy (non-hydrogen) atoms. The summed E-state index contributed by atoms with van der Waals surface area (Å²) in [5.41, 5.74) is -0.664. The van der Waals surface area contributed by atoms with E-state index in [0.29, 0.717) is 5.57 Å². The van der Waals surface area contributed by atoms with Crippen LogP contribution in [0.4, 0.5) is 4.79 Å². The van der Waals surface area contributed by atoms with Crippen molar-refractivity contribution in [1.82, 2.24) is 10.6 Å². The third kappa shape index (κ3) is 1.30. The molecule has 0 aromatic carbocycles. The van der Waals surface area contributed by atoms with Gasteiger partial charge in [-0.2, -0.15) is 0 Å². The zero-order chi connectivity index (χ0) is 10.9. The lowest BCUT2D eigenvalue weighted by molar-refractivity contribution is -0.140. The van der Waals surface area contributed by atoms with Gasteiger partial charge < -0.3 is 0 Å². The molecule has 0 aromatic rings. The maximum absolute atomic E-state index is 11.5. The number of amides is 4. The quantitative estimate of drug-likeness (QED) is 0.468. The van der Waals surface area contributed by atoms with E-state index >= 15 is 0 Å². The zero-order valence-electron chi connectivity index (χ0n) is 8.30. The van der Waals surface area contributed by atoms with Gasteiger partial charge in [0.25, 0.3) is 0 Å². The molecule has 1 heterocycles. The van der Waals surface area contributed by atoms with E-state index in [1.165, 1.54) is 6.92 Å². The maximum atomic E-state index is 11.5. The van der Waals surface area contributed by atoms with Crippen molar-refractivity contribution in [3.05, 3.63) is 11.6 Å². The van der Waals surface area contributed by atoms with Crippen molar-refractivity contribution in [3.63, 3.8) is 0 Å². The van der Waals surface area contributed by atoms with Gasteiger partial charge in [0.15, 0.2) is 0 Å². The highest BCUT2D eigenvalue weighted by Gasteiger charge is 2.47. The van der Waals surface area contributed by atoms with E-state index in [9.17, 15) is 14.4 Å². The first kappa shape index (κ1) is 10.4. The second-order valence-electron chi connectivity index (χ2n) is 3.33. The Morgan fingerprint density at radius 2 is 1.64 bits per heavy atom. The zero-order valence-corrected chi connectivity index (χ0v) is 8.30. The van der Waals surface area contributed by atoms with Gasteiger partial charge in [0.05, 0.1) is 0 Å². The summed E-state index contributed by atoms with van der Waals surface area (Å²) < 4.78 is 0. The Bertz CT molecular complexity index is 324. The fourth-order valence-electron chi connectivity index (χ4n) is 1.24. The van der Waals surface area contributed by atoms with Crippen molar-refractivity contribution >= 4 is 17.8 Å². The molecular formula is C9H12N2O3. The van der Waals surface area contributed by atoms with Gasteiger partial charge in [0.1, 0.15) is 5.41 Å². The number of carbonyl (C=O) groups is 3. The van der Waals surface area contributed by atoms with Crippen molar-refractivity contribution in [3.8, 4) is 0 Å². The molecule has 1 aliphatic heterocycles. The van der Waals surface area contributed by atoms with Gasteiger partial charge in [-0.15, -0.1) is 0 Å². The summed E-state index contributed by atoms with van der Waals surface area (Å²) in [4.78, 5) is 33.8. The molecule has 76 valence electrons. The SMILES string of the molecule is CC=C(C)C1(C)C(=O)NC(=O)NC1=O. The molecule has 1 aliphatic rings. The van der Waals surface area contributed by atoms with Crippen molar-refractivity contribution in [2.45, 2.75) is 20.8 Å². The van der Waals surface area contributed by atoms with Crippen molar-refractivity contribution < 1.29 is 14.4 Å². The van der Waals surface area contributed by atoms with Gasteiger partial charge in [-0.05, 0) is 20.8 Å². The maximum Gasteiger partial charge on any atom is 0.328 e. The molecule has 0 atom stereocenters. The summed E-state index contributed by atoms with van der Waals surface area (Å²) >= 11 is 0. The number of allylic oxidation sites excluding steroid dienone is 1. The van der Waals surface area contributed by atoms with Crippen LogP contribution in [0.1, 0.15) is 20.8 Å². The van der Waals surface area contributed by atoms with Crippen molar-refractivity contribution in [2.75, 3.05) is 0 Å². The lowest BCUT2D eigenvalue weighted by Crippen LogP contribution is -2.61. The van der Waals surface area contributed by atoms with Crippen LogP contribution in [-0.4, -0.2) is 17.8 Å². The van der Waals surface area contributed by atoms with Crippen molar-refractivity contribution in [2.24, 2.45) is 5.41 Å². The number of hydrogen-bond donors (Lipinski definition) is 2. The van der Waals surface area contributed by atoms with Crippen molar-refractivity contribution in [1.29, 1.82) is 0 Å². The highest BCUT2D eigenvalue weighted by atomic mass is 16.2. The Morgan fingerprint density at radius 1 is 1.21 bits per heavy atom. The topological polar surface area (TPSA) is 75.3 Å². The predicted octanol–water partition coefficient (Wildman–Crippen LogP) is 0.325. The monoisotopic (exact) mass is 196 g/mol. The fourth-order valence-corrected chi connectivity index (χ4v) is 1.24. The summed E-state index contributed by atoms with van der Waals surface area (Å²) in [5, 5.41) is 4.13. The van der Waals surface area contributed by atoms with Crippen LogP contribution in [0.2, 0.25) is 0 Å². The van der Waals surface area contributed by atoms with Gasteiger partial charge in [-0.1, -0.05) is 11.6 Å². The molecule has 0 saturated carbocycles. The summed E-state index contributed by atoms with van der Waals surface area (Å²) in [6, 6.07) is -0.763. The molecular weight excluding hydrogens is 184 g/mol. The molecule has 0 bridgehead atoms. The first-order valence-corrected chi connectivity index (χ1v) is 4.23. The Hall–Kier alpha value is -1.65. The van der Waals surface area contributed by atoms with Crippen LogP contribution in [0.5, 0.6) is 0 Å². The Balaban J connectivity index is 3.14. The highest BCUT2D eigenvalue weighted by molar-refractivity contribution is 6.20. The normalized spacial score (nSPS) is 21.6. The van der Waals surface area contributed by atoms with Crippen LogP contribution in [0.25, 0.3) is 0 Å². The average molecular weight is 196 g/mol. The number of imide groups is 2. The van der Waals surface area contributed by atoms with Crippen LogP contribution < -0.4 is 10.6 Å². The number of barbiturate groups is 1. The molecule has 2 N–H and O–H groups in total. The second-order valence-corrected chi connectivity index (χ2v) is 3.33. The average Bonchev–Trinajstić information content (AvgIpc) is 2.12. The number of nitrogens with one attached hydrogen (secondary N) is 2. The lowest BCUT2D eigenvalue weighted by atomic mass is 9.80. The van der Waals surface area contributed by atoms with E-state index in [1.54, 1.807) is 19.9 Å². The van der Waals surface area contributed by atoms with Crippen LogP contribution in [0.3, 0.4) is 0 Å². The number of hydrogen-bond acceptors (Lipinski definition) is 3. The summed E-state index contributed by atoms with van der Waals surface area (Å²) in [7, 11) is 0. The summed E-state index contributed by atoms with van der Waals surface area (Å²) in [6.07, 6.45) is 1.68. The van der Waals surface area contributed by atoms with Gasteiger partial charge in [-0.3, -0.25) is 20.2 Å². The molecule has 5 nitrogen and oxygen atoms in total. The van der Waals surface area contributed by atoms with Gasteiger partial charge in [0, 0.05) is 0 Å². The lowest BCUT2D eigenvalue weighted by Gasteiger charge is -2.31. The number of carbonyl (C=O) groups excluding carboxylic acids is 3. The second kappa shape index (κ2) is 3.25. The number of urea groups is 1. The molecule has 0 unspecified atom stereocenters. The third-order valence-electron chi connectivity index (χ3n) is 2.58. The predicted molar refractivity (Wildman–Crippen MR) is 49.2 cm³/mol. The summed E-state index contributed by atoms with van der Waals surface area (Å²) in [6.45, 7) is 4.89. The first-order valence-electron chi connectivity index (χ1n) is 4.23. The van der Waals surface area contributed by atoms with Gasteiger partial charge in [-0.25, -0.2) is 4.79 Å². The largest absolute Gasteiger partial charge is 0.328 e. The minimum Gasteiger partial charge on any atom is -0.277 e. The molecule has 5 heteroatoms. The number of rotatable bonds is 1. The van der Waals surface area contributed by atoms with E-state index in [2.05, 4.69) is 10.6 Å². The van der Waals surface area contributed by atoms with Crippen LogP contribution in [0, 0.1) is 5.41 Å². The molecule has 0 radical (unpaired) electrons. The van der Waals surface area contributed by atoms with Crippen LogP contribution in [-0.2, 0) is 9.59 Å². The van der Waals surface area contributed by atoms with Gasteiger partial charge >= 0.3 is 6.03 Å². The van der Waals surface area contributed by atoms with E-state index < -0.39 is 23.3 Å². The Morgan fingerprint density at radius 3 is 2.00 bits per heavy atom. The molecule has 0 spiro atoms. The highest BCUT2D eigenvalue weighted by Crippen LogP contribution is 2.28. The Labute approximate surface area is 81.5 Å². The van der Waals surface area contributed by atoms with Gasteiger partial charge in [0.2, 0.25) is 11.8 Å². The minimum atomic E-state index is -1.28. The molecule has 1 saturated heterocycles. The minimum absolute atomic E-state index is 0.582. The molecule has 4 amide bonds. The smallest absolute Gasteiger partial charge is 0.277 e. The van der Waals surface area contributed by atoms with E-state index in [0.717, 1.165) is 0 Å². The van der Waals surface area contributed by atoms with E-state index in [-0.39, 0.29) is 0 Å². The fraction of sp³-hybridized carbons (Fsp3) is 0.444. The Kier molecular flexibility index (Phi) is 2.42. The molecule has 1 rings (SSSR count). The summed E-state index contributed by atoms with van der Waals surface area (Å²) in [5.74, 6) is -1.16. The van der Waals surface area contributed by atoms with Crippen LogP contribution in [0.15, 0.2) is 11.6 Å². The van der Waals surface area contributed by atoms with Crippen LogP contribution >= 0.6 is 0 Å². The molecule has 0 aromatic heterocycles. The standard InChI is InChI=1S/C9H12N2O3/c1-4-5(2)9(3)6(12)10-8(14)11-7(9)13/h4H,1-3H3,(H2,10,11,12,13,14). The van der Waals surface area contributed by atoms with E-state index in [4.69, 9.17) is 0 Å². The van der Waals surface area contributed by atoms with E-state index in [1.807, 2.05) is 0 Å².